The van der Waals surface area contributed by atoms with Crippen molar-refractivity contribution in [1.29, 1.82) is 0 Å². The number of aromatic nitrogens is 1. The SMILES string of the molecule is C1CCOC1.CCC1=CC=CC1.CCc1cccn1S(=O)(=O)c1ccccc1C.Cc1ccccc1S(=O)(=O)Cl. The molecule has 2 heterocycles. The third-order valence-electron chi connectivity index (χ3n) is 6.27. The fourth-order valence-corrected chi connectivity index (χ4v) is 6.84. The molecule has 1 fully saturated rings. The lowest BCUT2D eigenvalue weighted by molar-refractivity contribution is 0.198. The van der Waals surface area contributed by atoms with Gasteiger partial charge in [-0.15, -0.1) is 0 Å². The van der Waals surface area contributed by atoms with E-state index in [1.807, 2.05) is 32.0 Å². The second-order valence-electron chi connectivity index (χ2n) is 9.25. The summed E-state index contributed by atoms with van der Waals surface area (Å²) in [6, 6.07) is 17.2. The minimum Gasteiger partial charge on any atom is -0.381 e. The molecule has 2 aliphatic rings. The Morgan fingerprint density at radius 2 is 1.38 bits per heavy atom. The van der Waals surface area contributed by atoms with E-state index in [-0.39, 0.29) is 4.90 Å². The number of rotatable bonds is 5. The molecule has 6 nitrogen and oxygen atoms in total. The molecule has 218 valence electrons. The lowest BCUT2D eigenvalue weighted by Crippen LogP contribution is -2.15. The van der Waals surface area contributed by atoms with Crippen LogP contribution >= 0.6 is 10.7 Å². The Hall–Kier alpha value is -2.65. The molecule has 1 aromatic heterocycles. The lowest BCUT2D eigenvalue weighted by atomic mass is 10.2. The van der Waals surface area contributed by atoms with Crippen molar-refractivity contribution >= 4 is 29.8 Å². The summed E-state index contributed by atoms with van der Waals surface area (Å²) in [6.45, 7) is 9.65. The van der Waals surface area contributed by atoms with Gasteiger partial charge in [-0.05, 0) is 81.3 Å². The topological polar surface area (TPSA) is 82.4 Å². The molecule has 3 aromatic rings. The summed E-state index contributed by atoms with van der Waals surface area (Å²) < 4.78 is 52.9. The van der Waals surface area contributed by atoms with Crippen LogP contribution in [-0.2, 0) is 30.2 Å². The Bertz CT molecular complexity index is 1480. The Morgan fingerprint density at radius 3 is 1.75 bits per heavy atom. The number of hydrogen-bond acceptors (Lipinski definition) is 5. The van der Waals surface area contributed by atoms with Crippen molar-refractivity contribution in [3.05, 3.63) is 107 Å². The van der Waals surface area contributed by atoms with Crippen molar-refractivity contribution in [1.82, 2.24) is 3.97 Å². The summed E-state index contributed by atoms with van der Waals surface area (Å²) in [5.74, 6) is 0. The first kappa shape index (κ1) is 33.6. The van der Waals surface area contributed by atoms with Gasteiger partial charge in [0.15, 0.2) is 0 Å². The first-order valence-electron chi connectivity index (χ1n) is 13.4. The zero-order valence-electron chi connectivity index (χ0n) is 23.7. The van der Waals surface area contributed by atoms with Crippen LogP contribution in [0.15, 0.2) is 100 Å². The summed E-state index contributed by atoms with van der Waals surface area (Å²) in [5.41, 5.74) is 3.79. The molecule has 1 aliphatic carbocycles. The third kappa shape index (κ3) is 10.4. The number of halogens is 1. The molecular weight excluding hydrogens is 566 g/mol. The zero-order valence-corrected chi connectivity index (χ0v) is 26.1. The number of benzene rings is 2. The summed E-state index contributed by atoms with van der Waals surface area (Å²) >= 11 is 0. The largest absolute Gasteiger partial charge is 0.381 e. The molecule has 0 unspecified atom stereocenters. The third-order valence-corrected chi connectivity index (χ3v) is 9.64. The Labute approximate surface area is 244 Å². The number of ether oxygens (including phenoxy) is 1. The molecule has 9 heteroatoms. The second-order valence-corrected chi connectivity index (χ2v) is 13.6. The highest BCUT2D eigenvalue weighted by molar-refractivity contribution is 8.13. The van der Waals surface area contributed by atoms with E-state index >= 15 is 0 Å². The maximum absolute atomic E-state index is 12.5. The van der Waals surface area contributed by atoms with Crippen molar-refractivity contribution in [3.63, 3.8) is 0 Å². The first-order chi connectivity index (χ1) is 19.0. The minimum absolute atomic E-state index is 0.182. The summed E-state index contributed by atoms with van der Waals surface area (Å²) in [5, 5.41) is 0. The van der Waals surface area contributed by atoms with Gasteiger partial charge in [-0.3, -0.25) is 0 Å². The number of aryl methyl sites for hydroxylation is 3. The fourth-order valence-electron chi connectivity index (χ4n) is 3.96. The highest BCUT2D eigenvalue weighted by Gasteiger charge is 2.20. The summed E-state index contributed by atoms with van der Waals surface area (Å²) in [7, 11) is -1.88. The van der Waals surface area contributed by atoms with Gasteiger partial charge in [-0.2, -0.15) is 0 Å². The van der Waals surface area contributed by atoms with Crippen LogP contribution in [0.5, 0.6) is 0 Å². The van der Waals surface area contributed by atoms with Crippen molar-refractivity contribution in [3.8, 4) is 0 Å². The average Bonchev–Trinajstić information content (AvgIpc) is 3.73. The van der Waals surface area contributed by atoms with E-state index < -0.39 is 19.1 Å². The molecule has 1 saturated heterocycles. The predicted octanol–water partition coefficient (Wildman–Crippen LogP) is 7.60. The standard InChI is InChI=1S/C13H15NO2S.C7H7ClO2S.C7H10.C4H8O/c1-3-12-8-6-10-14(12)17(15,16)13-9-5-4-7-11(13)2;1-6-4-2-3-5-7(6)11(8,9)10;1-2-7-5-3-4-6-7;1-2-4-5-3-1/h4-10H,3H2,1-2H3;2-5H,1H3;3-5H,2,6H2,1H3;1-4H2. The van der Waals surface area contributed by atoms with Gasteiger partial charge in [0.2, 0.25) is 0 Å². The zero-order chi connectivity index (χ0) is 29.6. The Morgan fingerprint density at radius 1 is 0.800 bits per heavy atom. The lowest BCUT2D eigenvalue weighted by Gasteiger charge is -2.11. The molecule has 0 saturated carbocycles. The van der Waals surface area contributed by atoms with Crippen LogP contribution in [0, 0.1) is 13.8 Å². The average molecular weight is 606 g/mol. The van der Waals surface area contributed by atoms with Crippen molar-refractivity contribution < 1.29 is 21.6 Å². The smallest absolute Gasteiger partial charge is 0.268 e. The molecule has 1 aliphatic heterocycles. The van der Waals surface area contributed by atoms with Crippen LogP contribution in [0.2, 0.25) is 0 Å². The molecule has 0 radical (unpaired) electrons. The van der Waals surface area contributed by atoms with Gasteiger partial charge < -0.3 is 4.74 Å². The van der Waals surface area contributed by atoms with Gasteiger partial charge in [0, 0.05) is 35.8 Å². The van der Waals surface area contributed by atoms with E-state index in [4.69, 9.17) is 15.4 Å². The van der Waals surface area contributed by atoms with Crippen LogP contribution in [-0.4, -0.2) is 34.0 Å². The fraction of sp³-hybridized carbons (Fsp3) is 0.355. The van der Waals surface area contributed by atoms with Gasteiger partial charge in [0.05, 0.1) is 9.79 Å². The molecule has 5 rings (SSSR count). The van der Waals surface area contributed by atoms with Gasteiger partial charge in [-0.25, -0.2) is 20.8 Å². The maximum Gasteiger partial charge on any atom is 0.268 e. The predicted molar refractivity (Wildman–Crippen MR) is 164 cm³/mol. The number of allylic oxidation sites excluding steroid dienone is 4. The van der Waals surface area contributed by atoms with Crippen LogP contribution in [0.1, 0.15) is 56.4 Å². The number of hydrogen-bond donors (Lipinski definition) is 0. The van der Waals surface area contributed by atoms with Crippen molar-refractivity contribution in [2.45, 2.75) is 69.6 Å². The second kappa shape index (κ2) is 16.6. The van der Waals surface area contributed by atoms with Crippen molar-refractivity contribution in [2.75, 3.05) is 13.2 Å². The molecule has 40 heavy (non-hydrogen) atoms. The van der Waals surface area contributed by atoms with Gasteiger partial charge >= 0.3 is 0 Å². The van der Waals surface area contributed by atoms with Gasteiger partial charge in [-0.1, -0.05) is 74.0 Å². The van der Waals surface area contributed by atoms with Gasteiger partial charge in [0.1, 0.15) is 0 Å². The molecular formula is C31H40ClNO5S2. The summed E-state index contributed by atoms with van der Waals surface area (Å²) in [4.78, 5) is 0.549. The highest BCUT2D eigenvalue weighted by atomic mass is 35.7. The first-order valence-corrected chi connectivity index (χ1v) is 17.2. The number of nitrogens with zero attached hydrogens (tertiary/aromatic N) is 1. The molecule has 0 amide bonds. The van der Waals surface area contributed by atoms with Crippen LogP contribution in [0.4, 0.5) is 0 Å². The van der Waals surface area contributed by atoms with E-state index in [1.165, 1.54) is 35.7 Å². The summed E-state index contributed by atoms with van der Waals surface area (Å²) in [6.07, 6.45) is 13.8. The van der Waals surface area contributed by atoms with Crippen molar-refractivity contribution in [2.24, 2.45) is 0 Å². The Kier molecular flexibility index (Phi) is 13.9. The van der Waals surface area contributed by atoms with Crippen LogP contribution < -0.4 is 0 Å². The van der Waals surface area contributed by atoms with Crippen LogP contribution in [0.25, 0.3) is 0 Å². The molecule has 2 aromatic carbocycles. The monoisotopic (exact) mass is 605 g/mol. The minimum atomic E-state index is -3.56. The van der Waals surface area contributed by atoms with E-state index in [2.05, 4.69) is 25.2 Å². The van der Waals surface area contributed by atoms with E-state index in [1.54, 1.807) is 55.1 Å². The van der Waals surface area contributed by atoms with E-state index in [0.717, 1.165) is 24.5 Å². The molecule has 0 bridgehead atoms. The molecule has 0 N–H and O–H groups in total. The normalized spacial score (nSPS) is 14.2. The Balaban J connectivity index is 0.000000207. The maximum atomic E-state index is 12.5. The molecule has 0 atom stereocenters. The van der Waals surface area contributed by atoms with Crippen LogP contribution in [0.3, 0.4) is 0 Å². The van der Waals surface area contributed by atoms with Gasteiger partial charge in [0.25, 0.3) is 19.1 Å². The quantitative estimate of drug-likeness (QED) is 0.280. The van der Waals surface area contributed by atoms with E-state index in [0.29, 0.717) is 16.9 Å². The highest BCUT2D eigenvalue weighted by Crippen LogP contribution is 2.20. The molecule has 0 spiro atoms. The van der Waals surface area contributed by atoms with E-state index in [9.17, 15) is 16.8 Å².